The number of halogens is 2. The Morgan fingerprint density at radius 2 is 1.05 bits per heavy atom. The molecule has 0 N–H and O–H groups in total. The molecule has 1 unspecified atom stereocenters. The van der Waals surface area contributed by atoms with E-state index in [1.165, 1.54) is 66.8 Å². The van der Waals surface area contributed by atoms with Gasteiger partial charge in [-0.3, -0.25) is 0 Å². The van der Waals surface area contributed by atoms with Crippen LogP contribution in [0.3, 0.4) is 0 Å². The molecule has 4 aliphatic rings. The maximum absolute atomic E-state index is 3.05. The molecule has 284 valence electrons. The van der Waals surface area contributed by atoms with Crippen molar-refractivity contribution in [2.45, 2.75) is 111 Å². The molecule has 1 atom stereocenters. The number of aryl methyl sites for hydroxylation is 2. The summed E-state index contributed by atoms with van der Waals surface area (Å²) < 4.78 is 3.81. The van der Waals surface area contributed by atoms with Crippen LogP contribution in [0.25, 0.3) is 22.3 Å². The van der Waals surface area contributed by atoms with Crippen LogP contribution >= 0.6 is 0 Å². The quantitative estimate of drug-likeness (QED) is 0.192. The third kappa shape index (κ3) is 6.77. The number of hydrogen-bond donors (Lipinski definition) is 0. The van der Waals surface area contributed by atoms with Gasteiger partial charge in [-0.1, -0.05) is 0 Å². The van der Waals surface area contributed by atoms with Gasteiger partial charge in [0.2, 0.25) is 0 Å². The first-order valence-electron chi connectivity index (χ1n) is 20.0. The molecule has 0 saturated carbocycles. The van der Waals surface area contributed by atoms with Crippen LogP contribution < -0.4 is 24.8 Å². The maximum atomic E-state index is 2.70. The first-order chi connectivity index (χ1) is 24.9. The van der Waals surface area contributed by atoms with Gasteiger partial charge in [0, 0.05) is 0 Å². The van der Waals surface area contributed by atoms with Gasteiger partial charge in [0.1, 0.15) is 0 Å². The Hall–Kier alpha value is -2.83. The number of fused-ring (bicyclic) bond motifs is 5. The van der Waals surface area contributed by atoms with Crippen molar-refractivity contribution in [3.05, 3.63) is 161 Å². The van der Waals surface area contributed by atoms with Crippen LogP contribution in [0.15, 0.2) is 105 Å². The molecule has 4 aliphatic carbocycles. The second kappa shape index (κ2) is 14.5. The SMILES string of the molecule is CCC1=[C]([Zr+2](=[C](c2ccc(C)cc2)c2ccc(C)cc2)[CH]2c3cc4c(cc3-c3cc5c(cc32)C(C)(C)C=C5C)C(C)=CC4(C)C)C(C)C=C1C(C)(C)C.[Cl-].[Cl-]. The van der Waals surface area contributed by atoms with Gasteiger partial charge in [-0.15, -0.1) is 0 Å². The molecule has 0 nitrogen and oxygen atoms in total. The van der Waals surface area contributed by atoms with E-state index in [4.69, 9.17) is 0 Å². The van der Waals surface area contributed by atoms with Crippen LogP contribution in [0, 0.1) is 25.2 Å². The van der Waals surface area contributed by atoms with Crippen molar-refractivity contribution in [2.75, 3.05) is 0 Å². The van der Waals surface area contributed by atoms with Crippen LogP contribution in [0.4, 0.5) is 0 Å². The molecular formula is C52H58Cl2Zr. The third-order valence-electron chi connectivity index (χ3n) is 12.9. The molecule has 3 heteroatoms. The summed E-state index contributed by atoms with van der Waals surface area (Å²) in [6.45, 7) is 31.0. The first-order valence-corrected chi connectivity index (χ1v) is 23.9. The molecule has 8 rings (SSSR count). The van der Waals surface area contributed by atoms with E-state index in [0.29, 0.717) is 9.54 Å². The molecule has 0 aromatic heterocycles. The second-order valence-electron chi connectivity index (χ2n) is 18.9. The van der Waals surface area contributed by atoms with Gasteiger partial charge >= 0.3 is 330 Å². The fraction of sp³-hybridized carbons (Fsp3) is 0.365. The van der Waals surface area contributed by atoms with E-state index in [0.717, 1.165) is 6.42 Å². The van der Waals surface area contributed by atoms with Crippen molar-refractivity contribution >= 4 is 14.4 Å². The molecule has 0 radical (unpaired) electrons. The van der Waals surface area contributed by atoms with Crippen molar-refractivity contribution < 1.29 is 46.1 Å². The number of rotatable bonds is 5. The Morgan fingerprint density at radius 3 is 1.44 bits per heavy atom. The standard InChI is InChI=1S/C25H25.C15H14.C12H19.2ClH.Zr/c1-14-12-24(3,4)22-8-16-7-17-9-23-19(15(2)13-25(23,5)6)11-21(17)20(16)10-18(14)22;1-12-3-7-14(8-4-12)11-15-9-5-13(2)6-10-15;1-6-10-7-9(2)8-11(10)12(3,4)5;;;/h7-13H,1-6H3;3-10H,1-2H3;8-9H,6H2,1-5H3;2*1H;/q;;;;;+2/p-2. The summed E-state index contributed by atoms with van der Waals surface area (Å²) in [5, 5.41) is 0. The van der Waals surface area contributed by atoms with E-state index >= 15 is 0 Å². The molecule has 0 amide bonds. The summed E-state index contributed by atoms with van der Waals surface area (Å²) in [4.78, 5) is 0. The maximum Gasteiger partial charge on any atom is -1.00 e. The second-order valence-corrected chi connectivity index (χ2v) is 24.9. The Morgan fingerprint density at radius 1 is 0.636 bits per heavy atom. The third-order valence-corrected chi connectivity index (χ3v) is 21.9. The van der Waals surface area contributed by atoms with Crippen LogP contribution in [-0.2, 0) is 32.1 Å². The summed E-state index contributed by atoms with van der Waals surface area (Å²) in [6, 6.07) is 29.8. The van der Waals surface area contributed by atoms with E-state index in [2.05, 4.69) is 181 Å². The Bertz CT molecular complexity index is 2250. The molecule has 4 aromatic rings. The predicted octanol–water partition coefficient (Wildman–Crippen LogP) is 7.94. The minimum Gasteiger partial charge on any atom is -1.00 e. The summed E-state index contributed by atoms with van der Waals surface area (Å²) >= 11 is -3.05. The summed E-state index contributed by atoms with van der Waals surface area (Å²) in [5.41, 5.74) is 23.7. The van der Waals surface area contributed by atoms with Crippen molar-refractivity contribution in [1.82, 2.24) is 0 Å². The van der Waals surface area contributed by atoms with E-state index < -0.39 is 21.3 Å². The number of benzene rings is 4. The fourth-order valence-electron chi connectivity index (χ4n) is 10.5. The molecule has 0 saturated heterocycles. The van der Waals surface area contributed by atoms with E-state index in [9.17, 15) is 0 Å². The minimum absolute atomic E-state index is 0. The minimum atomic E-state index is -3.05. The van der Waals surface area contributed by atoms with Gasteiger partial charge in [0.15, 0.2) is 0 Å². The predicted molar refractivity (Wildman–Crippen MR) is 227 cm³/mol. The van der Waals surface area contributed by atoms with E-state index in [1.54, 1.807) is 25.5 Å². The Kier molecular flexibility index (Phi) is 11.0. The van der Waals surface area contributed by atoms with Gasteiger partial charge in [-0.25, -0.2) is 0 Å². The van der Waals surface area contributed by atoms with E-state index in [-0.39, 0.29) is 41.1 Å². The van der Waals surface area contributed by atoms with Gasteiger partial charge < -0.3 is 24.8 Å². The topological polar surface area (TPSA) is 0 Å². The Balaban J connectivity index is 0.00000257. The largest absolute Gasteiger partial charge is 1.00 e. The molecule has 0 aliphatic heterocycles. The van der Waals surface area contributed by atoms with Crippen LogP contribution in [0.5, 0.6) is 0 Å². The van der Waals surface area contributed by atoms with Crippen molar-refractivity contribution in [3.63, 3.8) is 0 Å². The van der Waals surface area contributed by atoms with Crippen LogP contribution in [0.1, 0.15) is 142 Å². The molecule has 0 bridgehead atoms. The zero-order valence-electron chi connectivity index (χ0n) is 35.3. The normalized spacial score (nSPS) is 18.5. The summed E-state index contributed by atoms with van der Waals surface area (Å²) in [7, 11) is 0. The zero-order chi connectivity index (χ0) is 37.9. The van der Waals surface area contributed by atoms with Gasteiger partial charge in [0.25, 0.3) is 0 Å². The fourth-order valence-corrected chi connectivity index (χ4v) is 20.6. The molecule has 0 fully saturated rings. The number of hydrogen-bond acceptors (Lipinski definition) is 0. The molecule has 0 spiro atoms. The monoisotopic (exact) mass is 842 g/mol. The van der Waals surface area contributed by atoms with E-state index in [1.807, 2.05) is 3.28 Å². The molecule has 55 heavy (non-hydrogen) atoms. The van der Waals surface area contributed by atoms with Gasteiger partial charge in [-0.2, -0.15) is 0 Å². The van der Waals surface area contributed by atoms with Gasteiger partial charge in [-0.05, 0) is 0 Å². The average Bonchev–Trinajstić information content (AvgIpc) is 3.74. The zero-order valence-corrected chi connectivity index (χ0v) is 39.2. The molecule has 0 heterocycles. The van der Waals surface area contributed by atoms with Crippen LogP contribution in [-0.4, -0.2) is 3.21 Å². The Labute approximate surface area is 352 Å². The van der Waals surface area contributed by atoms with Crippen molar-refractivity contribution in [1.29, 1.82) is 0 Å². The van der Waals surface area contributed by atoms with Crippen molar-refractivity contribution in [3.8, 4) is 11.1 Å². The van der Waals surface area contributed by atoms with Crippen molar-refractivity contribution in [2.24, 2.45) is 11.3 Å². The summed E-state index contributed by atoms with van der Waals surface area (Å²) in [5.74, 6) is 0.413. The molecular weight excluding hydrogens is 787 g/mol. The molecule has 4 aromatic carbocycles. The summed E-state index contributed by atoms with van der Waals surface area (Å²) in [6.07, 6.45) is 8.76. The average molecular weight is 845 g/mol. The number of allylic oxidation sites excluding steroid dienone is 8. The smallest absolute Gasteiger partial charge is 1.00 e. The first kappa shape index (κ1) is 41.8. The van der Waals surface area contributed by atoms with Gasteiger partial charge in [0.05, 0.1) is 0 Å². The van der Waals surface area contributed by atoms with Crippen LogP contribution in [0.2, 0.25) is 0 Å².